The van der Waals surface area contributed by atoms with Gasteiger partial charge in [0.2, 0.25) is 0 Å². The third-order valence-corrected chi connectivity index (χ3v) is 6.61. The van der Waals surface area contributed by atoms with Crippen LogP contribution in [0.3, 0.4) is 0 Å². The van der Waals surface area contributed by atoms with Crippen LogP contribution in [0.25, 0.3) is 11.0 Å². The molecule has 0 saturated carbocycles. The molecule has 1 aromatic heterocycles. The molecule has 2 aromatic carbocycles. The van der Waals surface area contributed by atoms with Crippen molar-refractivity contribution in [2.24, 2.45) is 0 Å². The van der Waals surface area contributed by atoms with Crippen molar-refractivity contribution in [1.29, 1.82) is 0 Å². The molecule has 2 fully saturated rings. The average molecular weight is 484 g/mol. The number of nitrogens with zero attached hydrogens (tertiary/aromatic N) is 2. The summed E-state index contributed by atoms with van der Waals surface area (Å²) in [6.07, 6.45) is 1.40. The van der Waals surface area contributed by atoms with Gasteiger partial charge >= 0.3 is 5.97 Å². The van der Waals surface area contributed by atoms with E-state index in [0.29, 0.717) is 55.4 Å². The molecule has 2 unspecified atom stereocenters. The number of carbonyl (C=O) groups excluding carboxylic acids is 1. The molecule has 2 aliphatic heterocycles. The van der Waals surface area contributed by atoms with Crippen molar-refractivity contribution >= 4 is 28.5 Å². The lowest BCUT2D eigenvalue weighted by molar-refractivity contribution is 0.0517. The number of carbonyl (C=O) groups is 1. The van der Waals surface area contributed by atoms with Gasteiger partial charge in [0.05, 0.1) is 36.8 Å². The molecular weight excluding hydrogens is 458 g/mol. The van der Waals surface area contributed by atoms with Gasteiger partial charge in [0.25, 0.3) is 0 Å². The van der Waals surface area contributed by atoms with Crippen LogP contribution >= 0.6 is 0 Å². The highest BCUT2D eigenvalue weighted by molar-refractivity contribution is 5.95. The Morgan fingerprint density at radius 2 is 1.86 bits per heavy atom. The second kappa shape index (κ2) is 9.30. The van der Waals surface area contributed by atoms with Crippen molar-refractivity contribution in [2.45, 2.75) is 31.9 Å². The van der Waals surface area contributed by atoms with E-state index in [1.165, 1.54) is 31.4 Å². The number of benzene rings is 2. The van der Waals surface area contributed by atoms with Crippen LogP contribution in [0.4, 0.5) is 20.4 Å². The molecule has 2 saturated heterocycles. The normalized spacial score (nSPS) is 20.5. The lowest BCUT2D eigenvalue weighted by atomic mass is 9.98. The fourth-order valence-electron chi connectivity index (χ4n) is 5.03. The highest BCUT2D eigenvalue weighted by atomic mass is 19.1. The molecule has 0 spiro atoms. The summed E-state index contributed by atoms with van der Waals surface area (Å²) in [5.41, 5.74) is 1.28. The van der Waals surface area contributed by atoms with E-state index in [4.69, 9.17) is 13.9 Å². The first-order valence-corrected chi connectivity index (χ1v) is 11.6. The van der Waals surface area contributed by atoms with Gasteiger partial charge in [-0.1, -0.05) is 0 Å². The zero-order chi connectivity index (χ0) is 24.7. The first-order valence-electron chi connectivity index (χ1n) is 11.6. The first-order chi connectivity index (χ1) is 16.8. The number of morpholine rings is 1. The standard InChI is InChI=1S/C26H26F2N2O5/c1-15-14-29(6-7-34-15)24-13-23(31)21-9-16(26(32)33-2)8-20(25(21)35-24)22-4-3-5-30(22)19-11-17(27)10-18(28)12-19/h8-13,15,22H,3-7,14H2,1-2H3. The van der Waals surface area contributed by atoms with E-state index in [2.05, 4.69) is 0 Å². The monoisotopic (exact) mass is 484 g/mol. The van der Waals surface area contributed by atoms with Crippen LogP contribution in [0, 0.1) is 11.6 Å². The number of hydrogen-bond donors (Lipinski definition) is 0. The maximum atomic E-state index is 14.0. The molecule has 0 amide bonds. The minimum Gasteiger partial charge on any atom is -0.465 e. The number of esters is 1. The van der Waals surface area contributed by atoms with Crippen LogP contribution < -0.4 is 15.2 Å². The molecule has 9 heteroatoms. The Hall–Kier alpha value is -3.46. The van der Waals surface area contributed by atoms with Gasteiger partial charge in [0.1, 0.15) is 17.2 Å². The fraction of sp³-hybridized carbons (Fsp3) is 0.385. The smallest absolute Gasteiger partial charge is 0.337 e. The van der Waals surface area contributed by atoms with Gasteiger partial charge in [0, 0.05) is 43.0 Å². The maximum Gasteiger partial charge on any atom is 0.337 e. The third-order valence-electron chi connectivity index (χ3n) is 6.61. The molecule has 7 nitrogen and oxygen atoms in total. The highest BCUT2D eigenvalue weighted by Crippen LogP contribution is 2.40. The molecule has 5 rings (SSSR count). The minimum absolute atomic E-state index is 0.0147. The van der Waals surface area contributed by atoms with Crippen LogP contribution in [0.1, 0.15) is 41.7 Å². The number of methoxy groups -OCH3 is 1. The van der Waals surface area contributed by atoms with Crippen molar-refractivity contribution in [3.63, 3.8) is 0 Å². The summed E-state index contributed by atoms with van der Waals surface area (Å²) in [6.45, 7) is 4.17. The van der Waals surface area contributed by atoms with E-state index in [9.17, 15) is 18.4 Å². The van der Waals surface area contributed by atoms with E-state index in [0.717, 1.165) is 12.5 Å². The van der Waals surface area contributed by atoms with Gasteiger partial charge in [0.15, 0.2) is 11.3 Å². The molecule has 3 aromatic rings. The Bertz CT molecular complexity index is 1320. The van der Waals surface area contributed by atoms with Gasteiger partial charge in [-0.2, -0.15) is 0 Å². The molecule has 0 bridgehead atoms. The van der Waals surface area contributed by atoms with Crippen molar-refractivity contribution < 1.29 is 27.5 Å². The first kappa shape index (κ1) is 23.3. The summed E-state index contributed by atoms with van der Waals surface area (Å²) >= 11 is 0. The lowest BCUT2D eigenvalue weighted by Gasteiger charge is -2.32. The summed E-state index contributed by atoms with van der Waals surface area (Å²) in [5.74, 6) is -1.51. The van der Waals surface area contributed by atoms with Crippen molar-refractivity contribution in [3.8, 4) is 0 Å². The summed E-state index contributed by atoms with van der Waals surface area (Å²) in [5, 5.41) is 0.255. The Morgan fingerprint density at radius 3 is 2.57 bits per heavy atom. The highest BCUT2D eigenvalue weighted by Gasteiger charge is 2.31. The van der Waals surface area contributed by atoms with Gasteiger partial charge in [-0.3, -0.25) is 4.79 Å². The van der Waals surface area contributed by atoms with Crippen LogP contribution in [0.5, 0.6) is 0 Å². The van der Waals surface area contributed by atoms with Crippen molar-refractivity contribution in [1.82, 2.24) is 0 Å². The summed E-state index contributed by atoms with van der Waals surface area (Å²) < 4.78 is 44.9. The van der Waals surface area contributed by atoms with Crippen LogP contribution in [0.2, 0.25) is 0 Å². The molecule has 2 atom stereocenters. The van der Waals surface area contributed by atoms with E-state index in [-0.39, 0.29) is 28.5 Å². The maximum absolute atomic E-state index is 14.0. The van der Waals surface area contributed by atoms with Crippen molar-refractivity contribution in [3.05, 3.63) is 69.4 Å². The second-order valence-corrected chi connectivity index (χ2v) is 8.99. The number of rotatable bonds is 4. The average Bonchev–Trinajstić information content (AvgIpc) is 3.32. The number of anilines is 2. The number of fused-ring (bicyclic) bond motifs is 1. The SMILES string of the molecule is COC(=O)c1cc(C2CCCN2c2cc(F)cc(F)c2)c2oc(N3CCOC(C)C3)cc(=O)c2c1. The summed E-state index contributed by atoms with van der Waals surface area (Å²) in [6, 6.07) is 7.60. The van der Waals surface area contributed by atoms with Crippen LogP contribution in [-0.4, -0.2) is 45.4 Å². The van der Waals surface area contributed by atoms with Crippen molar-refractivity contribution in [2.75, 3.05) is 43.2 Å². The van der Waals surface area contributed by atoms with E-state index in [1.807, 2.05) is 16.7 Å². The van der Waals surface area contributed by atoms with Gasteiger partial charge in [-0.05, 0) is 44.0 Å². The molecule has 35 heavy (non-hydrogen) atoms. The molecule has 0 N–H and O–H groups in total. The molecule has 0 radical (unpaired) electrons. The van der Waals surface area contributed by atoms with E-state index < -0.39 is 17.6 Å². The van der Waals surface area contributed by atoms with E-state index in [1.54, 1.807) is 6.07 Å². The van der Waals surface area contributed by atoms with Gasteiger partial charge in [-0.15, -0.1) is 0 Å². The Labute approximate surface area is 200 Å². The third kappa shape index (κ3) is 4.48. The zero-order valence-electron chi connectivity index (χ0n) is 19.6. The van der Waals surface area contributed by atoms with E-state index >= 15 is 0 Å². The molecule has 184 valence electrons. The topological polar surface area (TPSA) is 72.2 Å². The Kier molecular flexibility index (Phi) is 6.19. The van der Waals surface area contributed by atoms with Crippen LogP contribution in [-0.2, 0) is 9.47 Å². The zero-order valence-corrected chi connectivity index (χ0v) is 19.6. The molecule has 0 aliphatic carbocycles. The molecule has 2 aliphatic rings. The predicted octanol–water partition coefficient (Wildman–Crippen LogP) is 4.42. The lowest BCUT2D eigenvalue weighted by Crippen LogP contribution is -2.41. The summed E-state index contributed by atoms with van der Waals surface area (Å²) in [4.78, 5) is 29.5. The van der Waals surface area contributed by atoms with Gasteiger partial charge < -0.3 is 23.7 Å². The van der Waals surface area contributed by atoms with Crippen LogP contribution in [0.15, 0.2) is 45.6 Å². The quantitative estimate of drug-likeness (QED) is 0.508. The molecular formula is C26H26F2N2O5. The number of ether oxygens (including phenoxy) is 2. The second-order valence-electron chi connectivity index (χ2n) is 8.99. The predicted molar refractivity (Wildman–Crippen MR) is 127 cm³/mol. The Morgan fingerprint density at radius 1 is 1.09 bits per heavy atom. The number of halogens is 2. The van der Waals surface area contributed by atoms with Gasteiger partial charge in [-0.25, -0.2) is 13.6 Å². The largest absolute Gasteiger partial charge is 0.465 e. The fourth-order valence-corrected chi connectivity index (χ4v) is 5.03. The molecule has 3 heterocycles. The number of hydrogen-bond acceptors (Lipinski definition) is 7. The minimum atomic E-state index is -0.672. The Balaban J connectivity index is 1.68. The summed E-state index contributed by atoms with van der Waals surface area (Å²) in [7, 11) is 1.27.